The Kier molecular flexibility index (Phi) is 5.14. The summed E-state index contributed by atoms with van der Waals surface area (Å²) in [7, 11) is 0. The van der Waals surface area contributed by atoms with Crippen molar-refractivity contribution in [2.24, 2.45) is 5.92 Å². The van der Waals surface area contributed by atoms with Crippen molar-refractivity contribution >= 4 is 17.7 Å². The van der Waals surface area contributed by atoms with E-state index >= 15 is 0 Å². The van der Waals surface area contributed by atoms with Crippen LogP contribution < -0.4 is 0 Å². The van der Waals surface area contributed by atoms with Crippen LogP contribution in [0, 0.1) is 5.92 Å². The second-order valence-corrected chi connectivity index (χ2v) is 5.57. The molecule has 110 valence electrons. The van der Waals surface area contributed by atoms with Gasteiger partial charge in [0.05, 0.1) is 5.56 Å². The average Bonchev–Trinajstić information content (AvgIpc) is 2.45. The third-order valence-corrected chi connectivity index (χ3v) is 4.18. The van der Waals surface area contributed by atoms with E-state index < -0.39 is 11.7 Å². The van der Waals surface area contributed by atoms with Crippen LogP contribution in [0.15, 0.2) is 29.8 Å². The predicted molar refractivity (Wildman–Crippen MR) is 76.7 cm³/mol. The van der Waals surface area contributed by atoms with E-state index in [9.17, 15) is 13.2 Å². The molecule has 0 saturated heterocycles. The van der Waals surface area contributed by atoms with Crippen molar-refractivity contribution in [2.45, 2.75) is 38.3 Å². The summed E-state index contributed by atoms with van der Waals surface area (Å²) in [5.74, 6) is 0.939. The zero-order valence-corrected chi connectivity index (χ0v) is 12.0. The molecule has 1 aliphatic carbocycles. The van der Waals surface area contributed by atoms with E-state index in [0.29, 0.717) is 11.8 Å². The zero-order chi connectivity index (χ0) is 14.6. The lowest BCUT2D eigenvalue weighted by Crippen LogP contribution is -2.10. The van der Waals surface area contributed by atoms with Gasteiger partial charge in [-0.15, -0.1) is 11.6 Å². The van der Waals surface area contributed by atoms with Gasteiger partial charge in [-0.1, -0.05) is 43.0 Å². The van der Waals surface area contributed by atoms with Crippen molar-refractivity contribution in [2.75, 3.05) is 5.88 Å². The van der Waals surface area contributed by atoms with Crippen LogP contribution in [-0.2, 0) is 6.18 Å². The first kappa shape index (κ1) is 15.4. The lowest BCUT2D eigenvalue weighted by atomic mass is 9.83. The van der Waals surface area contributed by atoms with Gasteiger partial charge in [-0.2, -0.15) is 13.2 Å². The zero-order valence-electron chi connectivity index (χ0n) is 11.2. The number of hydrogen-bond donors (Lipinski definition) is 0. The number of hydrogen-bond acceptors (Lipinski definition) is 0. The quantitative estimate of drug-likeness (QED) is 0.609. The van der Waals surface area contributed by atoms with Gasteiger partial charge >= 0.3 is 6.18 Å². The topological polar surface area (TPSA) is 0 Å². The maximum atomic E-state index is 12.5. The van der Waals surface area contributed by atoms with Gasteiger partial charge in [0.25, 0.3) is 0 Å². The molecule has 0 radical (unpaired) electrons. The Morgan fingerprint density at radius 3 is 2.20 bits per heavy atom. The SMILES string of the molecule is FC(F)(F)c1ccc(/C=C(/CCl)C2CCCCC2)cc1. The fourth-order valence-corrected chi connectivity index (χ4v) is 3.02. The largest absolute Gasteiger partial charge is 0.416 e. The van der Waals surface area contributed by atoms with Crippen LogP contribution in [0.3, 0.4) is 0 Å². The van der Waals surface area contributed by atoms with Crippen LogP contribution >= 0.6 is 11.6 Å². The number of alkyl halides is 4. The lowest BCUT2D eigenvalue weighted by molar-refractivity contribution is -0.137. The van der Waals surface area contributed by atoms with E-state index in [0.717, 1.165) is 36.1 Å². The molecule has 2 rings (SSSR count). The second-order valence-electron chi connectivity index (χ2n) is 5.31. The molecule has 0 nitrogen and oxygen atoms in total. The Morgan fingerprint density at radius 1 is 1.10 bits per heavy atom. The Bertz CT molecular complexity index is 454. The van der Waals surface area contributed by atoms with E-state index in [1.165, 1.54) is 31.4 Å². The highest BCUT2D eigenvalue weighted by atomic mass is 35.5. The summed E-state index contributed by atoms with van der Waals surface area (Å²) in [5.41, 5.74) is 1.32. The van der Waals surface area contributed by atoms with Gasteiger partial charge < -0.3 is 0 Å². The molecular formula is C16H18ClF3. The first-order valence-electron chi connectivity index (χ1n) is 6.94. The first-order chi connectivity index (χ1) is 9.50. The fourth-order valence-electron chi connectivity index (χ4n) is 2.72. The summed E-state index contributed by atoms with van der Waals surface area (Å²) in [4.78, 5) is 0. The van der Waals surface area contributed by atoms with Crippen LogP contribution in [0.2, 0.25) is 0 Å². The standard InChI is InChI=1S/C16H18ClF3/c17-11-14(13-4-2-1-3-5-13)10-12-6-8-15(9-7-12)16(18,19)20/h6-10,13H,1-5,11H2/b14-10-. The number of halogens is 4. The van der Waals surface area contributed by atoms with Crippen LogP contribution in [0.25, 0.3) is 6.08 Å². The molecule has 0 heterocycles. The second kappa shape index (κ2) is 6.66. The van der Waals surface area contributed by atoms with Crippen molar-refractivity contribution in [3.8, 4) is 0 Å². The minimum absolute atomic E-state index is 0.450. The molecular weight excluding hydrogens is 285 g/mol. The molecule has 4 heteroatoms. The molecule has 1 aromatic carbocycles. The highest BCUT2D eigenvalue weighted by molar-refractivity contribution is 6.19. The van der Waals surface area contributed by atoms with Crippen molar-refractivity contribution in [3.63, 3.8) is 0 Å². The van der Waals surface area contributed by atoms with Gasteiger partial charge in [0.1, 0.15) is 0 Å². The van der Waals surface area contributed by atoms with E-state index in [1.54, 1.807) is 0 Å². The number of rotatable bonds is 3. The molecule has 0 N–H and O–H groups in total. The van der Waals surface area contributed by atoms with Crippen molar-refractivity contribution in [1.82, 2.24) is 0 Å². The van der Waals surface area contributed by atoms with Gasteiger partial charge in [0.2, 0.25) is 0 Å². The number of allylic oxidation sites excluding steroid dienone is 1. The van der Waals surface area contributed by atoms with E-state index in [4.69, 9.17) is 11.6 Å². The third kappa shape index (κ3) is 4.02. The van der Waals surface area contributed by atoms with Crippen LogP contribution in [-0.4, -0.2) is 5.88 Å². The van der Waals surface area contributed by atoms with Crippen LogP contribution in [0.5, 0.6) is 0 Å². The number of benzene rings is 1. The van der Waals surface area contributed by atoms with Gasteiger partial charge in [-0.3, -0.25) is 0 Å². The maximum absolute atomic E-state index is 12.5. The van der Waals surface area contributed by atoms with Crippen molar-refractivity contribution in [3.05, 3.63) is 41.0 Å². The highest BCUT2D eigenvalue weighted by Crippen LogP contribution is 2.32. The Labute approximate surface area is 122 Å². The Balaban J connectivity index is 2.15. The fraction of sp³-hybridized carbons (Fsp3) is 0.500. The first-order valence-corrected chi connectivity index (χ1v) is 7.48. The summed E-state index contributed by atoms with van der Waals surface area (Å²) in [6.07, 6.45) is 3.65. The summed E-state index contributed by atoms with van der Waals surface area (Å²) >= 11 is 6.01. The molecule has 0 amide bonds. The molecule has 1 fully saturated rings. The van der Waals surface area contributed by atoms with Gasteiger partial charge in [0.15, 0.2) is 0 Å². The average molecular weight is 303 g/mol. The van der Waals surface area contributed by atoms with Gasteiger partial charge in [0, 0.05) is 5.88 Å². The van der Waals surface area contributed by atoms with E-state index in [2.05, 4.69) is 0 Å². The molecule has 20 heavy (non-hydrogen) atoms. The third-order valence-electron chi connectivity index (χ3n) is 3.87. The smallest absolute Gasteiger partial charge is 0.166 e. The van der Waals surface area contributed by atoms with Gasteiger partial charge in [-0.05, 0) is 36.5 Å². The summed E-state index contributed by atoms with van der Waals surface area (Å²) in [5, 5.41) is 0. The maximum Gasteiger partial charge on any atom is 0.416 e. The lowest BCUT2D eigenvalue weighted by Gasteiger charge is -2.23. The summed E-state index contributed by atoms with van der Waals surface area (Å²) in [6.45, 7) is 0. The highest BCUT2D eigenvalue weighted by Gasteiger charge is 2.29. The molecule has 1 saturated carbocycles. The molecule has 1 aliphatic rings. The van der Waals surface area contributed by atoms with Gasteiger partial charge in [-0.25, -0.2) is 0 Å². The molecule has 0 spiro atoms. The minimum Gasteiger partial charge on any atom is -0.166 e. The Hall–Kier alpha value is -0.960. The molecule has 0 aromatic heterocycles. The molecule has 0 atom stereocenters. The summed E-state index contributed by atoms with van der Waals surface area (Å²) in [6, 6.07) is 5.27. The van der Waals surface area contributed by atoms with Crippen LogP contribution in [0.4, 0.5) is 13.2 Å². The van der Waals surface area contributed by atoms with Crippen LogP contribution in [0.1, 0.15) is 43.2 Å². The monoisotopic (exact) mass is 302 g/mol. The van der Waals surface area contributed by atoms with Crippen molar-refractivity contribution < 1.29 is 13.2 Å². The predicted octanol–water partition coefficient (Wildman–Crippen LogP) is 5.91. The van der Waals surface area contributed by atoms with E-state index in [-0.39, 0.29) is 0 Å². The van der Waals surface area contributed by atoms with Crippen molar-refractivity contribution in [1.29, 1.82) is 0 Å². The normalized spacial score (nSPS) is 18.3. The molecule has 0 unspecified atom stereocenters. The molecule has 0 bridgehead atoms. The molecule has 1 aromatic rings. The minimum atomic E-state index is -4.28. The van der Waals surface area contributed by atoms with E-state index in [1.807, 2.05) is 6.08 Å². The summed E-state index contributed by atoms with van der Waals surface area (Å²) < 4.78 is 37.5. The Morgan fingerprint density at radius 2 is 1.70 bits per heavy atom. The molecule has 0 aliphatic heterocycles.